The number of amides is 2. The number of nitrogens with one attached hydrogen (secondary N) is 2. The van der Waals surface area contributed by atoms with Gasteiger partial charge in [-0.05, 0) is 62.7 Å². The van der Waals surface area contributed by atoms with Gasteiger partial charge >= 0.3 is 12.0 Å². The Hall–Kier alpha value is -2.91. The molecule has 2 aromatic carbocycles. The van der Waals surface area contributed by atoms with E-state index in [4.69, 9.17) is 0 Å². The largest absolute Gasteiger partial charge is 0.465 e. The van der Waals surface area contributed by atoms with Gasteiger partial charge in [0.05, 0.1) is 17.6 Å². The lowest BCUT2D eigenvalue weighted by molar-refractivity contribution is 0.0600. The number of rotatable bonds is 8. The molecule has 0 saturated heterocycles. The number of sulfonamides is 1. The summed E-state index contributed by atoms with van der Waals surface area (Å²) >= 11 is 0. The lowest BCUT2D eigenvalue weighted by atomic mass is 10.1. The molecule has 0 spiro atoms. The zero-order chi connectivity index (χ0) is 22.3. The van der Waals surface area contributed by atoms with Crippen molar-refractivity contribution in [2.24, 2.45) is 0 Å². The Balaban J connectivity index is 2.06. The second-order valence-electron chi connectivity index (χ2n) is 6.58. The highest BCUT2D eigenvalue weighted by atomic mass is 32.2. The van der Waals surface area contributed by atoms with Gasteiger partial charge in [0.25, 0.3) is 0 Å². The molecule has 0 bridgehead atoms. The number of ether oxygens (including phenoxy) is 1. The van der Waals surface area contributed by atoms with Gasteiger partial charge < -0.3 is 15.0 Å². The minimum Gasteiger partial charge on any atom is -0.465 e. The molecular weight excluding hydrogens is 406 g/mol. The summed E-state index contributed by atoms with van der Waals surface area (Å²) < 4.78 is 32.5. The average molecular weight is 434 g/mol. The number of anilines is 1. The van der Waals surface area contributed by atoms with Crippen molar-refractivity contribution in [2.75, 3.05) is 25.5 Å². The van der Waals surface area contributed by atoms with Gasteiger partial charge in [-0.3, -0.25) is 0 Å². The zero-order valence-electron chi connectivity index (χ0n) is 17.5. The van der Waals surface area contributed by atoms with Crippen LogP contribution < -0.4 is 10.0 Å². The van der Waals surface area contributed by atoms with Crippen LogP contribution in [0.5, 0.6) is 0 Å². The summed E-state index contributed by atoms with van der Waals surface area (Å²) in [5, 5.41) is 2.81. The van der Waals surface area contributed by atoms with Crippen molar-refractivity contribution in [3.05, 3.63) is 59.7 Å². The van der Waals surface area contributed by atoms with E-state index in [0.29, 0.717) is 18.8 Å². The van der Waals surface area contributed by atoms with Crippen LogP contribution in [-0.4, -0.2) is 45.5 Å². The van der Waals surface area contributed by atoms with E-state index in [2.05, 4.69) is 14.8 Å². The van der Waals surface area contributed by atoms with Gasteiger partial charge in [0.1, 0.15) is 0 Å². The molecule has 30 heavy (non-hydrogen) atoms. The average Bonchev–Trinajstić information content (AvgIpc) is 2.74. The molecule has 1 atom stereocenters. The maximum absolute atomic E-state index is 12.6. The third-order valence-electron chi connectivity index (χ3n) is 4.63. The van der Waals surface area contributed by atoms with Crippen LogP contribution in [0.15, 0.2) is 53.4 Å². The molecule has 0 saturated carbocycles. The number of methoxy groups -OCH3 is 1. The second kappa shape index (κ2) is 10.2. The monoisotopic (exact) mass is 433 g/mol. The number of nitrogens with zero attached hydrogens (tertiary/aromatic N) is 1. The van der Waals surface area contributed by atoms with E-state index in [1.807, 2.05) is 13.8 Å². The predicted octanol–water partition coefficient (Wildman–Crippen LogP) is 3.39. The Morgan fingerprint density at radius 1 is 1.00 bits per heavy atom. The van der Waals surface area contributed by atoms with E-state index < -0.39 is 22.0 Å². The molecule has 0 heterocycles. The first kappa shape index (κ1) is 23.4. The van der Waals surface area contributed by atoms with Crippen LogP contribution >= 0.6 is 0 Å². The van der Waals surface area contributed by atoms with Gasteiger partial charge in [-0.1, -0.05) is 12.1 Å². The number of carbonyl (C=O) groups is 2. The summed E-state index contributed by atoms with van der Waals surface area (Å²) in [5.74, 6) is -0.534. The number of hydrogen-bond donors (Lipinski definition) is 2. The molecule has 0 aliphatic carbocycles. The standard InChI is InChI=1S/C21H27N3O5S/c1-5-24(6-2)21(26)22-18-11-7-16(8-12-18)15(3)23-30(27,28)19-13-9-17(10-14-19)20(25)29-4/h7-15,23H,5-6H2,1-4H3,(H,22,26)/t15-/m1/s1. The summed E-state index contributed by atoms with van der Waals surface area (Å²) in [4.78, 5) is 25.3. The molecule has 8 nitrogen and oxygen atoms in total. The second-order valence-corrected chi connectivity index (χ2v) is 8.30. The van der Waals surface area contributed by atoms with Gasteiger partial charge in [-0.15, -0.1) is 0 Å². The third-order valence-corrected chi connectivity index (χ3v) is 6.19. The highest BCUT2D eigenvalue weighted by molar-refractivity contribution is 7.89. The molecule has 0 aromatic heterocycles. The first-order valence-corrected chi connectivity index (χ1v) is 11.1. The van der Waals surface area contributed by atoms with Gasteiger partial charge in [0, 0.05) is 24.8 Å². The summed E-state index contributed by atoms with van der Waals surface area (Å²) in [7, 11) is -2.52. The van der Waals surface area contributed by atoms with Crippen LogP contribution in [0.1, 0.15) is 42.7 Å². The maximum atomic E-state index is 12.6. The maximum Gasteiger partial charge on any atom is 0.337 e. The van der Waals surface area contributed by atoms with Crippen molar-refractivity contribution < 1.29 is 22.7 Å². The van der Waals surface area contributed by atoms with Gasteiger partial charge in [-0.2, -0.15) is 0 Å². The molecular formula is C21H27N3O5S. The van der Waals surface area contributed by atoms with Gasteiger partial charge in [-0.25, -0.2) is 22.7 Å². The molecule has 0 fully saturated rings. The van der Waals surface area contributed by atoms with Crippen molar-refractivity contribution in [1.29, 1.82) is 0 Å². The van der Waals surface area contributed by atoms with Crippen LogP contribution in [0.2, 0.25) is 0 Å². The van der Waals surface area contributed by atoms with Crippen molar-refractivity contribution in [3.63, 3.8) is 0 Å². The molecule has 2 rings (SSSR count). The van der Waals surface area contributed by atoms with Crippen LogP contribution in [0.25, 0.3) is 0 Å². The predicted molar refractivity (Wildman–Crippen MR) is 115 cm³/mol. The smallest absolute Gasteiger partial charge is 0.337 e. The van der Waals surface area contributed by atoms with E-state index in [-0.39, 0.29) is 16.5 Å². The van der Waals surface area contributed by atoms with Gasteiger partial charge in [0.15, 0.2) is 0 Å². The summed E-state index contributed by atoms with van der Waals surface area (Å²) in [5.41, 5.74) is 1.64. The van der Waals surface area contributed by atoms with Crippen molar-refractivity contribution in [2.45, 2.75) is 31.7 Å². The Bertz CT molecular complexity index is 969. The van der Waals surface area contributed by atoms with Gasteiger partial charge in [0.2, 0.25) is 10.0 Å². The molecule has 2 aromatic rings. The minimum absolute atomic E-state index is 0.0464. The fourth-order valence-electron chi connectivity index (χ4n) is 2.83. The lowest BCUT2D eigenvalue weighted by Crippen LogP contribution is -2.34. The lowest BCUT2D eigenvalue weighted by Gasteiger charge is -2.19. The normalized spacial score (nSPS) is 12.1. The Morgan fingerprint density at radius 3 is 2.07 bits per heavy atom. The quantitative estimate of drug-likeness (QED) is 0.621. The molecule has 0 unspecified atom stereocenters. The van der Waals surface area contributed by atoms with E-state index in [9.17, 15) is 18.0 Å². The first-order valence-electron chi connectivity index (χ1n) is 9.58. The summed E-state index contributed by atoms with van der Waals surface area (Å²) in [6.45, 7) is 6.76. The fraction of sp³-hybridized carbons (Fsp3) is 0.333. The molecule has 162 valence electrons. The number of benzene rings is 2. The molecule has 9 heteroatoms. The SMILES string of the molecule is CCN(CC)C(=O)Nc1ccc([C@@H](C)NS(=O)(=O)c2ccc(C(=O)OC)cc2)cc1. The van der Waals surface area contributed by atoms with Crippen molar-refractivity contribution in [1.82, 2.24) is 9.62 Å². The number of esters is 1. The Kier molecular flexibility index (Phi) is 7.96. The van der Waals surface area contributed by atoms with E-state index in [1.54, 1.807) is 36.1 Å². The molecule has 0 aliphatic heterocycles. The number of carbonyl (C=O) groups excluding carboxylic acids is 2. The van der Waals surface area contributed by atoms with Crippen molar-refractivity contribution >= 4 is 27.7 Å². The number of hydrogen-bond acceptors (Lipinski definition) is 5. The third kappa shape index (κ3) is 5.80. The highest BCUT2D eigenvalue weighted by Crippen LogP contribution is 2.20. The fourth-order valence-corrected chi connectivity index (χ4v) is 4.06. The topological polar surface area (TPSA) is 105 Å². The molecule has 0 radical (unpaired) electrons. The highest BCUT2D eigenvalue weighted by Gasteiger charge is 2.19. The molecule has 0 aliphatic rings. The van der Waals surface area contributed by atoms with Crippen molar-refractivity contribution in [3.8, 4) is 0 Å². The molecule has 2 N–H and O–H groups in total. The number of urea groups is 1. The zero-order valence-corrected chi connectivity index (χ0v) is 18.3. The van der Waals surface area contributed by atoms with Crippen LogP contribution in [0.4, 0.5) is 10.5 Å². The van der Waals surface area contributed by atoms with Crippen LogP contribution in [0.3, 0.4) is 0 Å². The summed E-state index contributed by atoms with van der Waals surface area (Å²) in [6, 6.07) is 11.8. The summed E-state index contributed by atoms with van der Waals surface area (Å²) in [6.07, 6.45) is 0. The Labute approximate surface area is 177 Å². The van der Waals surface area contributed by atoms with E-state index in [0.717, 1.165) is 5.56 Å². The minimum atomic E-state index is -3.78. The van der Waals surface area contributed by atoms with E-state index >= 15 is 0 Å². The first-order chi connectivity index (χ1) is 14.2. The Morgan fingerprint density at radius 2 is 1.57 bits per heavy atom. The van der Waals surface area contributed by atoms with Crippen LogP contribution in [-0.2, 0) is 14.8 Å². The van der Waals surface area contributed by atoms with E-state index in [1.165, 1.54) is 31.4 Å². The molecule has 2 amide bonds. The van der Waals surface area contributed by atoms with Crippen LogP contribution in [0, 0.1) is 0 Å².